The van der Waals surface area contributed by atoms with E-state index in [0.717, 1.165) is 19.3 Å². The number of likely N-dealkylation sites (tertiary alicyclic amines) is 1. The van der Waals surface area contributed by atoms with Gasteiger partial charge >= 0.3 is 12.0 Å². The highest BCUT2D eigenvalue weighted by atomic mass is 16.4. The molecule has 20 heavy (non-hydrogen) atoms. The lowest BCUT2D eigenvalue weighted by Crippen LogP contribution is -2.49. The number of nitrogens with zero attached hydrogens (tertiary/aromatic N) is 1. The van der Waals surface area contributed by atoms with Crippen molar-refractivity contribution in [3.63, 3.8) is 0 Å². The lowest BCUT2D eigenvalue weighted by atomic mass is 9.98. The van der Waals surface area contributed by atoms with Gasteiger partial charge in [-0.3, -0.25) is 0 Å². The first-order valence-corrected chi connectivity index (χ1v) is 6.92. The number of piperidine rings is 1. The van der Waals surface area contributed by atoms with Gasteiger partial charge in [0.05, 0.1) is 11.3 Å². The number of aromatic carboxylic acids is 1. The number of amides is 2. The molecule has 0 aliphatic carbocycles. The van der Waals surface area contributed by atoms with Gasteiger partial charge in [-0.15, -0.1) is 0 Å². The summed E-state index contributed by atoms with van der Waals surface area (Å²) in [6.07, 6.45) is 3.09. The minimum atomic E-state index is -1.04. The number of para-hydroxylation sites is 1. The van der Waals surface area contributed by atoms with Gasteiger partial charge in [0.25, 0.3) is 0 Å². The Morgan fingerprint density at radius 2 is 1.80 bits per heavy atom. The van der Waals surface area contributed by atoms with Crippen LogP contribution in [0.3, 0.4) is 0 Å². The smallest absolute Gasteiger partial charge is 0.337 e. The molecule has 2 rings (SSSR count). The zero-order chi connectivity index (χ0) is 14.7. The number of benzene rings is 1. The summed E-state index contributed by atoms with van der Waals surface area (Å²) < 4.78 is 0. The van der Waals surface area contributed by atoms with Gasteiger partial charge in [-0.1, -0.05) is 12.1 Å². The van der Waals surface area contributed by atoms with Crippen molar-refractivity contribution < 1.29 is 14.7 Å². The number of rotatable bonds is 2. The molecule has 108 valence electrons. The molecule has 1 aromatic rings. The van der Waals surface area contributed by atoms with Gasteiger partial charge < -0.3 is 15.3 Å². The van der Waals surface area contributed by atoms with E-state index in [0.29, 0.717) is 5.69 Å². The molecule has 1 aliphatic heterocycles. The highest BCUT2D eigenvalue weighted by molar-refractivity contribution is 6.00. The largest absolute Gasteiger partial charge is 0.478 e. The van der Waals surface area contributed by atoms with E-state index in [1.807, 2.05) is 18.7 Å². The average Bonchev–Trinajstić information content (AvgIpc) is 2.38. The van der Waals surface area contributed by atoms with Crippen molar-refractivity contribution in [3.05, 3.63) is 29.8 Å². The van der Waals surface area contributed by atoms with Gasteiger partial charge in [-0.25, -0.2) is 9.59 Å². The number of hydrogen-bond acceptors (Lipinski definition) is 2. The molecule has 2 N–H and O–H groups in total. The highest BCUT2D eigenvalue weighted by Crippen LogP contribution is 2.24. The van der Waals surface area contributed by atoms with Crippen molar-refractivity contribution in [2.75, 3.05) is 5.32 Å². The van der Waals surface area contributed by atoms with Gasteiger partial charge in [0.2, 0.25) is 0 Å². The first-order chi connectivity index (χ1) is 9.50. The Hall–Kier alpha value is -2.04. The summed E-state index contributed by atoms with van der Waals surface area (Å²) in [6, 6.07) is 6.59. The molecule has 0 saturated carbocycles. The number of nitrogens with one attached hydrogen (secondary N) is 1. The Balaban J connectivity index is 2.17. The van der Waals surface area contributed by atoms with Gasteiger partial charge in [-0.05, 0) is 45.2 Å². The third-order valence-electron chi connectivity index (χ3n) is 3.83. The lowest BCUT2D eigenvalue weighted by Gasteiger charge is -2.38. The number of urea groups is 1. The Bertz CT molecular complexity index is 506. The SMILES string of the molecule is C[C@@H]1CCC[C@H](C)N1C(=O)Nc1ccccc1C(=O)O. The summed E-state index contributed by atoms with van der Waals surface area (Å²) in [5.74, 6) is -1.04. The van der Waals surface area contributed by atoms with Crippen molar-refractivity contribution in [2.24, 2.45) is 0 Å². The van der Waals surface area contributed by atoms with Crippen LogP contribution in [0, 0.1) is 0 Å². The second-order valence-electron chi connectivity index (χ2n) is 5.32. The van der Waals surface area contributed by atoms with E-state index in [2.05, 4.69) is 5.32 Å². The van der Waals surface area contributed by atoms with E-state index < -0.39 is 5.97 Å². The van der Waals surface area contributed by atoms with Crippen molar-refractivity contribution in [2.45, 2.75) is 45.2 Å². The maximum absolute atomic E-state index is 12.4. The molecule has 0 unspecified atom stereocenters. The van der Waals surface area contributed by atoms with E-state index in [4.69, 9.17) is 5.11 Å². The van der Waals surface area contributed by atoms with Crippen LogP contribution in [0.1, 0.15) is 43.5 Å². The molecule has 0 spiro atoms. The Kier molecular flexibility index (Phi) is 4.27. The van der Waals surface area contributed by atoms with Crippen LogP contribution in [-0.4, -0.2) is 34.1 Å². The summed E-state index contributed by atoms with van der Waals surface area (Å²) >= 11 is 0. The quantitative estimate of drug-likeness (QED) is 0.871. The zero-order valence-electron chi connectivity index (χ0n) is 11.8. The minimum Gasteiger partial charge on any atom is -0.478 e. The molecular weight excluding hydrogens is 256 g/mol. The van der Waals surface area contributed by atoms with Crippen LogP contribution < -0.4 is 5.32 Å². The molecule has 1 aliphatic rings. The fourth-order valence-corrected chi connectivity index (χ4v) is 2.78. The summed E-state index contributed by atoms with van der Waals surface area (Å²) in [6.45, 7) is 4.05. The molecule has 5 heteroatoms. The fourth-order valence-electron chi connectivity index (χ4n) is 2.78. The minimum absolute atomic E-state index is 0.109. The van der Waals surface area contributed by atoms with Gasteiger partial charge in [0, 0.05) is 12.1 Å². The van der Waals surface area contributed by atoms with Gasteiger partial charge in [-0.2, -0.15) is 0 Å². The van der Waals surface area contributed by atoms with Crippen LogP contribution in [-0.2, 0) is 0 Å². The Labute approximate surface area is 118 Å². The Morgan fingerprint density at radius 3 is 2.40 bits per heavy atom. The number of carboxylic acid groups (broad SMARTS) is 1. The van der Waals surface area contributed by atoms with E-state index in [9.17, 15) is 9.59 Å². The van der Waals surface area contributed by atoms with Crippen LogP contribution in [0.5, 0.6) is 0 Å². The summed E-state index contributed by atoms with van der Waals surface area (Å²) in [4.78, 5) is 25.3. The molecule has 2 amide bonds. The molecule has 1 heterocycles. The first-order valence-electron chi connectivity index (χ1n) is 6.92. The van der Waals surface area contributed by atoms with Crippen molar-refractivity contribution in [3.8, 4) is 0 Å². The van der Waals surface area contributed by atoms with Gasteiger partial charge in [0.15, 0.2) is 0 Å². The zero-order valence-corrected chi connectivity index (χ0v) is 11.8. The van der Waals surface area contributed by atoms with Crippen LogP contribution in [0.25, 0.3) is 0 Å². The van der Waals surface area contributed by atoms with E-state index >= 15 is 0 Å². The third kappa shape index (κ3) is 2.92. The van der Waals surface area contributed by atoms with Crippen molar-refractivity contribution in [1.82, 2.24) is 4.90 Å². The summed E-state index contributed by atoms with van der Waals surface area (Å²) in [5, 5.41) is 11.9. The topological polar surface area (TPSA) is 69.6 Å². The lowest BCUT2D eigenvalue weighted by molar-refractivity contribution is 0.0698. The molecule has 1 fully saturated rings. The predicted molar refractivity (Wildman–Crippen MR) is 77.0 cm³/mol. The number of carbonyl (C=O) groups excluding carboxylic acids is 1. The van der Waals surface area contributed by atoms with E-state index in [1.54, 1.807) is 18.2 Å². The number of carbonyl (C=O) groups is 2. The molecule has 2 atom stereocenters. The maximum atomic E-state index is 12.4. The first kappa shape index (κ1) is 14.4. The van der Waals surface area contributed by atoms with Crippen molar-refractivity contribution >= 4 is 17.7 Å². The third-order valence-corrected chi connectivity index (χ3v) is 3.83. The number of hydrogen-bond donors (Lipinski definition) is 2. The molecule has 0 bridgehead atoms. The molecular formula is C15H20N2O3. The van der Waals surface area contributed by atoms with E-state index in [1.165, 1.54) is 6.07 Å². The maximum Gasteiger partial charge on any atom is 0.337 e. The molecule has 0 radical (unpaired) electrons. The molecule has 1 aromatic carbocycles. The second kappa shape index (κ2) is 5.94. The Morgan fingerprint density at radius 1 is 1.20 bits per heavy atom. The molecule has 0 aromatic heterocycles. The molecule has 1 saturated heterocycles. The standard InChI is InChI=1S/C15H20N2O3/c1-10-6-5-7-11(2)17(10)15(20)16-13-9-4-3-8-12(13)14(18)19/h3-4,8-11H,5-7H2,1-2H3,(H,16,20)(H,18,19)/t10-,11+. The number of anilines is 1. The average molecular weight is 276 g/mol. The summed E-state index contributed by atoms with van der Waals surface area (Å²) in [5.41, 5.74) is 0.452. The normalized spacial score (nSPS) is 22.4. The number of carboxylic acids is 1. The van der Waals surface area contributed by atoms with Crippen LogP contribution in [0.4, 0.5) is 10.5 Å². The monoisotopic (exact) mass is 276 g/mol. The predicted octanol–water partition coefficient (Wildman–Crippen LogP) is 3.18. The van der Waals surface area contributed by atoms with Crippen LogP contribution >= 0.6 is 0 Å². The van der Waals surface area contributed by atoms with E-state index in [-0.39, 0.29) is 23.7 Å². The van der Waals surface area contributed by atoms with Crippen molar-refractivity contribution in [1.29, 1.82) is 0 Å². The van der Waals surface area contributed by atoms with Crippen LogP contribution in [0.15, 0.2) is 24.3 Å². The van der Waals surface area contributed by atoms with Gasteiger partial charge in [0.1, 0.15) is 0 Å². The second-order valence-corrected chi connectivity index (χ2v) is 5.32. The summed E-state index contributed by atoms with van der Waals surface area (Å²) in [7, 11) is 0. The van der Waals surface area contributed by atoms with Crippen LogP contribution in [0.2, 0.25) is 0 Å². The highest BCUT2D eigenvalue weighted by Gasteiger charge is 2.29. The molecule has 5 nitrogen and oxygen atoms in total. The fraction of sp³-hybridized carbons (Fsp3) is 0.467.